The second-order valence-electron chi connectivity index (χ2n) is 7.42. The third kappa shape index (κ3) is 5.00. The summed E-state index contributed by atoms with van der Waals surface area (Å²) in [5.74, 6) is 1.36. The molecule has 0 atom stereocenters. The molecule has 1 heterocycles. The minimum atomic E-state index is 0.109. The highest BCUT2D eigenvalue weighted by atomic mass is 16.1. The van der Waals surface area contributed by atoms with Crippen molar-refractivity contribution < 1.29 is 4.79 Å². The molecule has 0 saturated heterocycles. The average Bonchev–Trinajstić information content (AvgIpc) is 3.58. The first kappa shape index (κ1) is 19.6. The minimum Gasteiger partial charge on any atom is -0.398 e. The normalized spacial score (nSPS) is 12.9. The van der Waals surface area contributed by atoms with Gasteiger partial charge in [0.1, 0.15) is 5.82 Å². The molecule has 1 aliphatic carbocycles. The monoisotopic (exact) mass is 400 g/mol. The first-order chi connectivity index (χ1) is 14.6. The number of carbonyl (C=O) groups is 1. The Bertz CT molecular complexity index is 1080. The molecule has 0 aliphatic heterocycles. The molecule has 7 heteroatoms. The molecule has 30 heavy (non-hydrogen) atoms. The topological polar surface area (TPSA) is 117 Å². The number of nitrogens with one attached hydrogen (secondary N) is 3. The Hall–Kier alpha value is -3.74. The van der Waals surface area contributed by atoms with Gasteiger partial charge in [-0.2, -0.15) is 0 Å². The van der Waals surface area contributed by atoms with E-state index in [0.717, 1.165) is 29.7 Å². The van der Waals surface area contributed by atoms with Crippen molar-refractivity contribution in [2.45, 2.75) is 31.7 Å². The van der Waals surface area contributed by atoms with E-state index in [4.69, 9.17) is 11.1 Å². The lowest BCUT2D eigenvalue weighted by atomic mass is 10.1. The van der Waals surface area contributed by atoms with E-state index in [2.05, 4.69) is 20.6 Å². The number of aryl methyl sites for hydroxylation is 1. The van der Waals surface area contributed by atoms with E-state index in [-0.39, 0.29) is 5.91 Å². The molecule has 3 aromatic rings. The molecular formula is C23H24N6O. The summed E-state index contributed by atoms with van der Waals surface area (Å²) in [6.45, 7) is 0. The van der Waals surface area contributed by atoms with Crippen molar-refractivity contribution in [1.82, 2.24) is 15.3 Å². The van der Waals surface area contributed by atoms with Crippen LogP contribution in [0.25, 0.3) is 11.4 Å². The zero-order chi connectivity index (χ0) is 20.9. The zero-order valence-electron chi connectivity index (χ0n) is 16.6. The number of anilines is 3. The number of nitrogens with zero attached hydrogens (tertiary/aromatic N) is 2. The van der Waals surface area contributed by atoms with Gasteiger partial charge >= 0.3 is 0 Å². The van der Waals surface area contributed by atoms with Gasteiger partial charge in [-0.25, -0.2) is 9.97 Å². The van der Waals surface area contributed by atoms with E-state index in [1.54, 1.807) is 24.4 Å². The van der Waals surface area contributed by atoms with Gasteiger partial charge in [-0.1, -0.05) is 18.2 Å². The van der Waals surface area contributed by atoms with Crippen LogP contribution in [0.5, 0.6) is 0 Å². The summed E-state index contributed by atoms with van der Waals surface area (Å²) in [6.07, 6.45) is 6.29. The molecule has 152 valence electrons. The molecule has 0 bridgehead atoms. The maximum absolute atomic E-state index is 11.9. The highest BCUT2D eigenvalue weighted by Crippen LogP contribution is 2.23. The lowest BCUT2D eigenvalue weighted by Crippen LogP contribution is -2.25. The maximum Gasteiger partial charge on any atom is 0.220 e. The van der Waals surface area contributed by atoms with Gasteiger partial charge in [-0.05, 0) is 55.2 Å². The Morgan fingerprint density at radius 2 is 2.07 bits per heavy atom. The fourth-order valence-corrected chi connectivity index (χ4v) is 3.14. The van der Waals surface area contributed by atoms with Crippen LogP contribution in [0.1, 0.15) is 30.4 Å². The number of nitrogens with two attached hydrogens (primary N) is 1. The second-order valence-corrected chi connectivity index (χ2v) is 7.42. The van der Waals surface area contributed by atoms with Crippen molar-refractivity contribution in [2.75, 3.05) is 11.1 Å². The molecule has 1 fully saturated rings. The fraction of sp³-hybridized carbons (Fsp3) is 0.217. The number of nitrogen functional groups attached to an aromatic ring is 1. The summed E-state index contributed by atoms with van der Waals surface area (Å²) < 4.78 is 0. The van der Waals surface area contributed by atoms with Gasteiger partial charge in [-0.3, -0.25) is 4.79 Å². The molecule has 1 aliphatic rings. The van der Waals surface area contributed by atoms with Crippen LogP contribution in [0.4, 0.5) is 17.2 Å². The van der Waals surface area contributed by atoms with Crippen molar-refractivity contribution in [3.05, 3.63) is 65.9 Å². The van der Waals surface area contributed by atoms with Crippen LogP contribution in [0, 0.1) is 5.41 Å². The van der Waals surface area contributed by atoms with E-state index in [1.165, 1.54) is 6.21 Å². The van der Waals surface area contributed by atoms with Crippen LogP contribution in [0.3, 0.4) is 0 Å². The van der Waals surface area contributed by atoms with Crippen molar-refractivity contribution in [3.63, 3.8) is 0 Å². The smallest absolute Gasteiger partial charge is 0.220 e. The summed E-state index contributed by atoms with van der Waals surface area (Å²) in [4.78, 5) is 20.9. The number of amides is 1. The van der Waals surface area contributed by atoms with Crippen molar-refractivity contribution in [2.24, 2.45) is 0 Å². The Labute approximate surface area is 175 Å². The van der Waals surface area contributed by atoms with Crippen molar-refractivity contribution >= 4 is 29.3 Å². The van der Waals surface area contributed by atoms with E-state index < -0.39 is 0 Å². The SMILES string of the molecule is N=Cc1cc(Nc2ccnc(-c3cccc(CCC(=O)NC4CC4)c3)n2)ccc1N. The third-order valence-electron chi connectivity index (χ3n) is 4.94. The molecule has 0 unspecified atom stereocenters. The summed E-state index contributed by atoms with van der Waals surface area (Å²) in [5.41, 5.74) is 9.82. The lowest BCUT2D eigenvalue weighted by Gasteiger charge is -2.10. The highest BCUT2D eigenvalue weighted by Gasteiger charge is 2.22. The fourth-order valence-electron chi connectivity index (χ4n) is 3.14. The van der Waals surface area contributed by atoms with Crippen molar-refractivity contribution in [1.29, 1.82) is 5.41 Å². The summed E-state index contributed by atoms with van der Waals surface area (Å²) in [7, 11) is 0. The van der Waals surface area contributed by atoms with Crippen LogP contribution < -0.4 is 16.4 Å². The van der Waals surface area contributed by atoms with Gasteiger partial charge in [-0.15, -0.1) is 0 Å². The Morgan fingerprint density at radius 3 is 2.87 bits per heavy atom. The average molecular weight is 400 g/mol. The van der Waals surface area contributed by atoms with Gasteiger partial charge in [0.05, 0.1) is 0 Å². The van der Waals surface area contributed by atoms with Crippen LogP contribution in [-0.2, 0) is 11.2 Å². The quantitative estimate of drug-likeness (QED) is 0.340. The number of hydrogen-bond donors (Lipinski definition) is 4. The summed E-state index contributed by atoms with van der Waals surface area (Å²) in [6, 6.07) is 15.6. The predicted molar refractivity (Wildman–Crippen MR) is 119 cm³/mol. The van der Waals surface area contributed by atoms with Crippen LogP contribution >= 0.6 is 0 Å². The standard InChI is InChI=1S/C23H24N6O/c24-14-17-13-19(7-8-20(17)25)27-21-10-11-26-23(29-21)16-3-1-2-15(12-16)4-9-22(30)28-18-5-6-18/h1-3,7-8,10-14,18,24H,4-6,9,25H2,(H,28,30)(H,26,27,29). The maximum atomic E-state index is 11.9. The molecule has 0 radical (unpaired) electrons. The molecule has 2 aromatic carbocycles. The van der Waals surface area contributed by atoms with E-state index in [9.17, 15) is 4.79 Å². The van der Waals surface area contributed by atoms with Gasteiger partial charge in [0.15, 0.2) is 5.82 Å². The van der Waals surface area contributed by atoms with Crippen LogP contribution in [0.2, 0.25) is 0 Å². The zero-order valence-corrected chi connectivity index (χ0v) is 16.6. The molecule has 7 nitrogen and oxygen atoms in total. The van der Waals surface area contributed by atoms with E-state index in [0.29, 0.717) is 41.8 Å². The first-order valence-electron chi connectivity index (χ1n) is 9.99. The predicted octanol–water partition coefficient (Wildman–Crippen LogP) is 3.68. The van der Waals surface area contributed by atoms with E-state index in [1.807, 2.05) is 30.3 Å². The Balaban J connectivity index is 1.46. The number of benzene rings is 2. The van der Waals surface area contributed by atoms with Crippen molar-refractivity contribution in [3.8, 4) is 11.4 Å². The van der Waals surface area contributed by atoms with Crippen LogP contribution in [-0.4, -0.2) is 28.1 Å². The van der Waals surface area contributed by atoms with Gasteiger partial charge in [0, 0.05) is 47.4 Å². The lowest BCUT2D eigenvalue weighted by molar-refractivity contribution is -0.121. The second kappa shape index (κ2) is 8.73. The molecular weight excluding hydrogens is 376 g/mol. The minimum absolute atomic E-state index is 0.109. The first-order valence-corrected chi connectivity index (χ1v) is 9.99. The molecule has 1 amide bonds. The highest BCUT2D eigenvalue weighted by molar-refractivity contribution is 5.87. The number of aromatic nitrogens is 2. The Kier molecular flexibility index (Phi) is 5.70. The van der Waals surface area contributed by atoms with Gasteiger partial charge < -0.3 is 21.8 Å². The number of rotatable bonds is 8. The molecule has 5 N–H and O–H groups in total. The molecule has 4 rings (SSSR count). The van der Waals surface area contributed by atoms with Gasteiger partial charge in [0.2, 0.25) is 5.91 Å². The Morgan fingerprint density at radius 1 is 1.20 bits per heavy atom. The summed E-state index contributed by atoms with van der Waals surface area (Å²) >= 11 is 0. The van der Waals surface area contributed by atoms with E-state index >= 15 is 0 Å². The third-order valence-corrected chi connectivity index (χ3v) is 4.94. The molecule has 1 saturated carbocycles. The largest absolute Gasteiger partial charge is 0.398 e. The molecule has 0 spiro atoms. The van der Waals surface area contributed by atoms with Crippen LogP contribution in [0.15, 0.2) is 54.7 Å². The summed E-state index contributed by atoms with van der Waals surface area (Å²) in [5, 5.41) is 13.7. The number of carbonyl (C=O) groups excluding carboxylic acids is 1. The van der Waals surface area contributed by atoms with Gasteiger partial charge in [0.25, 0.3) is 0 Å². The number of hydrogen-bond acceptors (Lipinski definition) is 6. The molecule has 1 aromatic heterocycles.